The van der Waals surface area contributed by atoms with Gasteiger partial charge in [0.2, 0.25) is 11.8 Å². The van der Waals surface area contributed by atoms with E-state index in [0.29, 0.717) is 60.3 Å². The second-order valence-electron chi connectivity index (χ2n) is 10.7. The van der Waals surface area contributed by atoms with Crippen LogP contribution in [-0.4, -0.2) is 77.9 Å². The number of pyridine rings is 1. The molecule has 11 nitrogen and oxygen atoms in total. The van der Waals surface area contributed by atoms with Crippen molar-refractivity contribution in [2.24, 2.45) is 10.7 Å². The number of hydrogen-bond acceptors (Lipinski definition) is 9. The number of thiophene rings is 1. The molecule has 1 aliphatic carbocycles. The molecule has 0 bridgehead atoms. The zero-order valence-corrected chi connectivity index (χ0v) is 24.0. The molecule has 0 radical (unpaired) electrons. The Hall–Kier alpha value is -3.95. The van der Waals surface area contributed by atoms with Crippen molar-refractivity contribution in [2.75, 3.05) is 39.0 Å². The first kappa shape index (κ1) is 28.6. The fourth-order valence-corrected chi connectivity index (χ4v) is 6.89. The van der Waals surface area contributed by atoms with Crippen molar-refractivity contribution >= 4 is 34.0 Å². The van der Waals surface area contributed by atoms with E-state index < -0.39 is 11.8 Å². The first-order valence-electron chi connectivity index (χ1n) is 13.9. The number of hydrogen-bond donors (Lipinski definition) is 2. The molecule has 3 aliphatic rings. The number of anilines is 1. The molecule has 12 heteroatoms. The fraction of sp³-hybridized carbons (Fsp3) is 0.483. The highest BCUT2D eigenvalue weighted by atomic mass is 32.1. The number of aromatic nitrogens is 1. The maximum Gasteiger partial charge on any atom is 0.255 e. The van der Waals surface area contributed by atoms with Crippen LogP contribution in [0.15, 0.2) is 29.8 Å². The lowest BCUT2D eigenvalue weighted by molar-refractivity contribution is -0.125. The molecule has 0 aromatic carbocycles. The van der Waals surface area contributed by atoms with Gasteiger partial charge in [-0.15, -0.1) is 11.3 Å². The number of nitriles is 1. The first-order valence-corrected chi connectivity index (χ1v) is 14.7. The quantitative estimate of drug-likeness (QED) is 0.273. The predicted molar refractivity (Wildman–Crippen MR) is 156 cm³/mol. The van der Waals surface area contributed by atoms with Crippen LogP contribution in [0.4, 0.5) is 5.00 Å². The van der Waals surface area contributed by atoms with Gasteiger partial charge in [-0.25, -0.2) is 4.98 Å². The highest BCUT2D eigenvalue weighted by Crippen LogP contribution is 2.42. The molecule has 2 fully saturated rings. The number of ether oxygens (including phenoxy) is 2. The van der Waals surface area contributed by atoms with Crippen LogP contribution in [0.2, 0.25) is 0 Å². The van der Waals surface area contributed by atoms with Crippen molar-refractivity contribution in [3.05, 3.63) is 46.5 Å². The number of fused-ring (bicyclic) bond motifs is 1. The van der Waals surface area contributed by atoms with E-state index in [4.69, 9.17) is 20.9 Å². The summed E-state index contributed by atoms with van der Waals surface area (Å²) in [7, 11) is 2.07. The molecule has 4 heterocycles. The Bertz CT molecular complexity index is 1410. The third-order valence-electron chi connectivity index (χ3n) is 8.00. The number of nitrogen functional groups attached to an aromatic ring is 1. The van der Waals surface area contributed by atoms with Gasteiger partial charge in [-0.05, 0) is 57.3 Å². The highest BCUT2D eigenvalue weighted by molar-refractivity contribution is 7.16. The summed E-state index contributed by atoms with van der Waals surface area (Å²) in [6, 6.07) is 5.76. The van der Waals surface area contributed by atoms with Crippen LogP contribution in [0.3, 0.4) is 0 Å². The maximum absolute atomic E-state index is 13.4. The number of likely N-dealkylation sites (tertiary alicyclic amines) is 2. The summed E-state index contributed by atoms with van der Waals surface area (Å²) in [5, 5.41) is 10.1. The zero-order valence-electron chi connectivity index (χ0n) is 23.2. The predicted octanol–water partition coefficient (Wildman–Crippen LogP) is 2.59. The molecule has 0 spiro atoms. The van der Waals surface area contributed by atoms with Crippen LogP contribution in [0, 0.1) is 11.3 Å². The van der Waals surface area contributed by atoms with Gasteiger partial charge in [-0.1, -0.05) is 6.58 Å². The highest BCUT2D eigenvalue weighted by Gasteiger charge is 2.33. The lowest BCUT2D eigenvalue weighted by Gasteiger charge is -2.21. The number of carbonyl (C=O) groups excluding carboxylic acids is 2. The van der Waals surface area contributed by atoms with Gasteiger partial charge in [-0.2, -0.15) is 10.3 Å². The Balaban J connectivity index is 1.39. The number of rotatable bonds is 8. The van der Waals surface area contributed by atoms with Gasteiger partial charge in [0.1, 0.15) is 35.2 Å². The summed E-state index contributed by atoms with van der Waals surface area (Å²) in [5.74, 6) is -0.435. The molecule has 2 saturated heterocycles. The third kappa shape index (κ3) is 6.21. The molecule has 216 valence electrons. The number of amidine groups is 1. The van der Waals surface area contributed by atoms with Crippen molar-refractivity contribution in [3.8, 4) is 17.7 Å². The molecule has 2 amide bonds. The number of nitrogens with two attached hydrogens (primary N) is 2. The molecular weight excluding hydrogens is 542 g/mol. The van der Waals surface area contributed by atoms with Crippen molar-refractivity contribution in [3.63, 3.8) is 0 Å². The SMILES string of the molecule is C=CC(=O)N1CCC(Oc2cc(OCC3CCCN3C)nc(C(N)=NC(=O)C3CCCc4sc(N)c(C#N)c43)c2)C1. The summed E-state index contributed by atoms with van der Waals surface area (Å²) in [4.78, 5) is 39.1. The van der Waals surface area contributed by atoms with E-state index in [1.165, 1.54) is 17.4 Å². The second kappa shape index (κ2) is 12.3. The minimum absolute atomic E-state index is 0.0630. The van der Waals surface area contributed by atoms with E-state index in [0.717, 1.165) is 37.1 Å². The Kier molecular flexibility index (Phi) is 8.56. The molecule has 2 aliphatic heterocycles. The first-order chi connectivity index (χ1) is 19.8. The Morgan fingerprint density at radius 3 is 2.85 bits per heavy atom. The van der Waals surface area contributed by atoms with E-state index in [2.05, 4.69) is 34.6 Å². The monoisotopic (exact) mass is 577 g/mol. The number of aryl methyl sites for hydroxylation is 1. The van der Waals surface area contributed by atoms with Crippen molar-refractivity contribution in [1.82, 2.24) is 14.8 Å². The number of carbonyl (C=O) groups is 2. The number of amides is 2. The van der Waals surface area contributed by atoms with Gasteiger partial charge >= 0.3 is 0 Å². The summed E-state index contributed by atoms with van der Waals surface area (Å²) >= 11 is 1.36. The van der Waals surface area contributed by atoms with Crippen LogP contribution < -0.4 is 20.9 Å². The van der Waals surface area contributed by atoms with Crippen molar-refractivity contribution in [2.45, 2.75) is 56.6 Å². The van der Waals surface area contributed by atoms with Gasteiger partial charge in [0, 0.05) is 36.0 Å². The van der Waals surface area contributed by atoms with E-state index in [9.17, 15) is 14.9 Å². The fourth-order valence-electron chi connectivity index (χ4n) is 5.76. The maximum atomic E-state index is 13.4. The molecule has 3 unspecified atom stereocenters. The summed E-state index contributed by atoms with van der Waals surface area (Å²) < 4.78 is 12.3. The van der Waals surface area contributed by atoms with Gasteiger partial charge < -0.3 is 30.7 Å². The van der Waals surface area contributed by atoms with E-state index in [-0.39, 0.29) is 29.6 Å². The average molecular weight is 578 g/mol. The Labute approximate surface area is 243 Å². The van der Waals surface area contributed by atoms with Crippen molar-refractivity contribution < 1.29 is 19.1 Å². The number of nitrogens with zero attached hydrogens (tertiary/aromatic N) is 5. The molecule has 4 N–H and O–H groups in total. The van der Waals surface area contributed by atoms with Crippen LogP contribution >= 0.6 is 11.3 Å². The zero-order chi connectivity index (χ0) is 29.1. The summed E-state index contributed by atoms with van der Waals surface area (Å²) in [6.07, 6.45) is 6.03. The van der Waals surface area contributed by atoms with Gasteiger partial charge in [0.25, 0.3) is 5.91 Å². The van der Waals surface area contributed by atoms with Gasteiger partial charge in [0.05, 0.1) is 18.0 Å². The van der Waals surface area contributed by atoms with Crippen LogP contribution in [0.1, 0.15) is 59.7 Å². The molecule has 3 atom stereocenters. The smallest absolute Gasteiger partial charge is 0.255 e. The Morgan fingerprint density at radius 1 is 1.29 bits per heavy atom. The summed E-state index contributed by atoms with van der Waals surface area (Å²) in [6.45, 7) is 6.04. The van der Waals surface area contributed by atoms with E-state index in [1.54, 1.807) is 17.0 Å². The molecular formula is C29H35N7O4S. The lowest BCUT2D eigenvalue weighted by atomic mass is 9.85. The third-order valence-corrected chi connectivity index (χ3v) is 9.10. The van der Waals surface area contributed by atoms with Crippen LogP contribution in [-0.2, 0) is 16.0 Å². The minimum atomic E-state index is -0.583. The molecule has 41 heavy (non-hydrogen) atoms. The summed E-state index contributed by atoms with van der Waals surface area (Å²) in [5.41, 5.74) is 13.7. The topological polar surface area (TPSA) is 160 Å². The van der Waals surface area contributed by atoms with Crippen LogP contribution in [0.5, 0.6) is 11.6 Å². The van der Waals surface area contributed by atoms with Crippen molar-refractivity contribution in [1.29, 1.82) is 5.26 Å². The number of likely N-dealkylation sites (N-methyl/N-ethyl adjacent to an activating group) is 1. The average Bonchev–Trinajstić information content (AvgIpc) is 3.68. The standard InChI is InChI=1S/C29H35N7O4S/c1-3-25(37)36-11-9-18(15-36)40-19-12-22(33-24(13-19)39-16-17-6-5-10-35(17)2)27(31)34-29(38)20-7-4-8-23-26(20)21(14-30)28(32)41-23/h3,12-13,17-18,20H,1,4-11,15-16,32H2,2H3,(H2,31,34,38). The largest absolute Gasteiger partial charge is 0.488 e. The van der Waals surface area contributed by atoms with E-state index >= 15 is 0 Å². The number of aliphatic imine (C=N–C) groups is 1. The molecule has 2 aromatic rings. The minimum Gasteiger partial charge on any atom is -0.488 e. The van der Waals surface area contributed by atoms with Crippen LogP contribution in [0.25, 0.3) is 0 Å². The molecule has 2 aromatic heterocycles. The van der Waals surface area contributed by atoms with Gasteiger partial charge in [0.15, 0.2) is 5.84 Å². The Morgan fingerprint density at radius 2 is 2.12 bits per heavy atom. The second-order valence-corrected chi connectivity index (χ2v) is 11.8. The normalized spacial score (nSPS) is 22.7. The molecule has 0 saturated carbocycles. The molecule has 5 rings (SSSR count). The van der Waals surface area contributed by atoms with Gasteiger partial charge in [-0.3, -0.25) is 9.59 Å². The van der Waals surface area contributed by atoms with E-state index in [1.807, 2.05) is 0 Å². The lowest BCUT2D eigenvalue weighted by Crippen LogP contribution is -2.31.